The highest BCUT2D eigenvalue weighted by Crippen LogP contribution is 2.25. The molecule has 0 saturated heterocycles. The van der Waals surface area contributed by atoms with E-state index in [1.165, 1.54) is 19.3 Å². The summed E-state index contributed by atoms with van der Waals surface area (Å²) >= 11 is 0. The van der Waals surface area contributed by atoms with Crippen molar-refractivity contribution in [3.8, 4) is 11.5 Å². The van der Waals surface area contributed by atoms with E-state index in [2.05, 4.69) is 20.9 Å². The number of oxazole rings is 1. The van der Waals surface area contributed by atoms with Crippen LogP contribution in [0.5, 0.6) is 0 Å². The number of aromatic nitrogens is 3. The molecule has 1 N–H and O–H groups in total. The Labute approximate surface area is 175 Å². The van der Waals surface area contributed by atoms with Crippen molar-refractivity contribution >= 4 is 22.6 Å². The normalized spacial score (nSPS) is 13.8. The van der Waals surface area contributed by atoms with Crippen LogP contribution in [0.1, 0.15) is 36.5 Å². The zero-order chi connectivity index (χ0) is 20.5. The summed E-state index contributed by atoms with van der Waals surface area (Å²) in [5, 5.41) is 2.98. The van der Waals surface area contributed by atoms with Crippen LogP contribution >= 0.6 is 0 Å². The van der Waals surface area contributed by atoms with Gasteiger partial charge in [-0.15, -0.1) is 0 Å². The van der Waals surface area contributed by atoms with E-state index in [1.807, 2.05) is 49.4 Å². The maximum absolute atomic E-state index is 12.6. The van der Waals surface area contributed by atoms with Crippen LogP contribution in [-0.2, 0) is 24.2 Å². The van der Waals surface area contributed by atoms with Crippen LogP contribution in [0.2, 0.25) is 0 Å². The smallest absolute Gasteiger partial charge is 0.230 e. The van der Waals surface area contributed by atoms with Crippen molar-refractivity contribution in [3.05, 3.63) is 65.8 Å². The maximum Gasteiger partial charge on any atom is 0.230 e. The highest BCUT2D eigenvalue weighted by Gasteiger charge is 2.16. The Morgan fingerprint density at radius 2 is 1.97 bits per heavy atom. The standard InChI is InChI=1S/C24H24N4O2/c1-16-19(27-24(30-16)17-8-4-2-5-9-17)15-23(29)25-18-11-12-21-20(14-18)26-22-10-6-3-7-13-28(21)22/h2,4-5,8-9,11-12,14H,3,6-7,10,13,15H2,1H3,(H,25,29). The molecule has 1 aliphatic heterocycles. The largest absolute Gasteiger partial charge is 0.441 e. The van der Waals surface area contributed by atoms with Crippen LogP contribution in [0.4, 0.5) is 5.69 Å². The summed E-state index contributed by atoms with van der Waals surface area (Å²) < 4.78 is 8.08. The van der Waals surface area contributed by atoms with Crippen LogP contribution in [0.15, 0.2) is 52.9 Å². The molecule has 4 aromatic rings. The molecule has 0 aliphatic carbocycles. The zero-order valence-corrected chi connectivity index (χ0v) is 17.0. The number of amides is 1. The van der Waals surface area contributed by atoms with Crippen LogP contribution in [-0.4, -0.2) is 20.4 Å². The molecule has 2 aromatic heterocycles. The van der Waals surface area contributed by atoms with E-state index in [9.17, 15) is 4.79 Å². The van der Waals surface area contributed by atoms with Gasteiger partial charge in [-0.05, 0) is 50.1 Å². The summed E-state index contributed by atoms with van der Waals surface area (Å²) in [6.45, 7) is 2.86. The van der Waals surface area contributed by atoms with Gasteiger partial charge in [0.05, 0.1) is 23.1 Å². The fourth-order valence-corrected chi connectivity index (χ4v) is 4.08. The fraction of sp³-hybridized carbons (Fsp3) is 0.292. The number of carbonyl (C=O) groups is 1. The number of fused-ring (bicyclic) bond motifs is 3. The molecule has 6 heteroatoms. The van der Waals surface area contributed by atoms with E-state index < -0.39 is 0 Å². The maximum atomic E-state index is 12.6. The fourth-order valence-electron chi connectivity index (χ4n) is 4.08. The first kappa shape index (κ1) is 18.6. The number of imidazole rings is 1. The van der Waals surface area contributed by atoms with E-state index in [0.29, 0.717) is 17.3 Å². The molecule has 5 rings (SSSR count). The first-order chi connectivity index (χ1) is 14.7. The molecule has 0 saturated carbocycles. The molecule has 3 heterocycles. The van der Waals surface area contributed by atoms with Crippen molar-refractivity contribution in [2.45, 2.75) is 45.6 Å². The number of anilines is 1. The van der Waals surface area contributed by atoms with Crippen molar-refractivity contribution in [2.24, 2.45) is 0 Å². The average Bonchev–Trinajstić information content (AvgIpc) is 3.18. The Balaban J connectivity index is 1.32. The van der Waals surface area contributed by atoms with E-state index in [-0.39, 0.29) is 12.3 Å². The highest BCUT2D eigenvalue weighted by atomic mass is 16.4. The topological polar surface area (TPSA) is 73.0 Å². The Bertz CT molecular complexity index is 1210. The molecule has 0 radical (unpaired) electrons. The molecule has 0 spiro atoms. The van der Waals surface area contributed by atoms with E-state index in [1.54, 1.807) is 0 Å². The summed E-state index contributed by atoms with van der Waals surface area (Å²) in [4.78, 5) is 22.0. The third-order valence-corrected chi connectivity index (χ3v) is 5.63. The Kier molecular flexibility index (Phi) is 4.83. The van der Waals surface area contributed by atoms with Gasteiger partial charge in [-0.2, -0.15) is 0 Å². The number of carbonyl (C=O) groups excluding carboxylic acids is 1. The predicted octanol–water partition coefficient (Wildman–Crippen LogP) is 4.91. The minimum Gasteiger partial charge on any atom is -0.441 e. The van der Waals surface area contributed by atoms with Crippen molar-refractivity contribution in [3.63, 3.8) is 0 Å². The van der Waals surface area contributed by atoms with E-state index in [4.69, 9.17) is 9.40 Å². The Morgan fingerprint density at radius 3 is 2.83 bits per heavy atom. The van der Waals surface area contributed by atoms with Gasteiger partial charge in [0.1, 0.15) is 11.6 Å². The van der Waals surface area contributed by atoms with Crippen LogP contribution in [0.25, 0.3) is 22.5 Å². The van der Waals surface area contributed by atoms with Crippen LogP contribution < -0.4 is 5.32 Å². The number of nitrogens with zero attached hydrogens (tertiary/aromatic N) is 3. The lowest BCUT2D eigenvalue weighted by atomic mass is 10.2. The number of nitrogens with one attached hydrogen (secondary N) is 1. The lowest BCUT2D eigenvalue weighted by Crippen LogP contribution is -2.15. The van der Waals surface area contributed by atoms with Gasteiger partial charge in [-0.25, -0.2) is 9.97 Å². The number of aryl methyl sites for hydroxylation is 3. The average molecular weight is 400 g/mol. The van der Waals surface area contributed by atoms with E-state index in [0.717, 1.165) is 41.1 Å². The van der Waals surface area contributed by atoms with Crippen molar-refractivity contribution in [1.82, 2.24) is 14.5 Å². The van der Waals surface area contributed by atoms with Crippen LogP contribution in [0, 0.1) is 6.92 Å². The van der Waals surface area contributed by atoms with Crippen LogP contribution in [0.3, 0.4) is 0 Å². The molecular weight excluding hydrogens is 376 g/mol. The molecular formula is C24H24N4O2. The molecule has 1 amide bonds. The monoisotopic (exact) mass is 400 g/mol. The molecule has 0 atom stereocenters. The number of benzene rings is 2. The second-order valence-corrected chi connectivity index (χ2v) is 7.81. The SMILES string of the molecule is Cc1oc(-c2ccccc2)nc1CC(=O)Nc1ccc2c(c1)nc1n2CCCCC1. The van der Waals surface area contributed by atoms with Crippen molar-refractivity contribution in [1.29, 1.82) is 0 Å². The van der Waals surface area contributed by atoms with Crippen molar-refractivity contribution in [2.75, 3.05) is 5.32 Å². The molecule has 30 heavy (non-hydrogen) atoms. The van der Waals surface area contributed by atoms with Crippen molar-refractivity contribution < 1.29 is 9.21 Å². The van der Waals surface area contributed by atoms with Gasteiger partial charge < -0.3 is 14.3 Å². The zero-order valence-electron chi connectivity index (χ0n) is 17.0. The minimum absolute atomic E-state index is 0.119. The summed E-state index contributed by atoms with van der Waals surface area (Å²) in [5.74, 6) is 2.23. The summed E-state index contributed by atoms with van der Waals surface area (Å²) in [5.41, 5.74) is 4.39. The molecule has 2 aromatic carbocycles. The first-order valence-corrected chi connectivity index (χ1v) is 10.5. The Hall–Kier alpha value is -3.41. The quantitative estimate of drug-likeness (QED) is 0.528. The number of rotatable bonds is 4. The number of hydrogen-bond donors (Lipinski definition) is 1. The predicted molar refractivity (Wildman–Crippen MR) is 116 cm³/mol. The van der Waals surface area contributed by atoms with Gasteiger partial charge in [-0.3, -0.25) is 4.79 Å². The number of hydrogen-bond acceptors (Lipinski definition) is 4. The second-order valence-electron chi connectivity index (χ2n) is 7.81. The molecule has 152 valence electrons. The highest BCUT2D eigenvalue weighted by molar-refractivity contribution is 5.94. The third kappa shape index (κ3) is 3.61. The Morgan fingerprint density at radius 1 is 1.10 bits per heavy atom. The molecule has 6 nitrogen and oxygen atoms in total. The second kappa shape index (κ2) is 7.78. The molecule has 1 aliphatic rings. The third-order valence-electron chi connectivity index (χ3n) is 5.63. The van der Waals surface area contributed by atoms with Gasteiger partial charge in [0, 0.05) is 24.2 Å². The lowest BCUT2D eigenvalue weighted by molar-refractivity contribution is -0.115. The van der Waals surface area contributed by atoms with Gasteiger partial charge in [-0.1, -0.05) is 24.6 Å². The minimum atomic E-state index is -0.119. The summed E-state index contributed by atoms with van der Waals surface area (Å²) in [7, 11) is 0. The first-order valence-electron chi connectivity index (χ1n) is 10.5. The summed E-state index contributed by atoms with van der Waals surface area (Å²) in [6.07, 6.45) is 4.83. The molecule has 0 fully saturated rings. The molecule has 0 unspecified atom stereocenters. The van der Waals surface area contributed by atoms with Gasteiger partial charge in [0.25, 0.3) is 0 Å². The van der Waals surface area contributed by atoms with Gasteiger partial charge in [0.15, 0.2) is 0 Å². The van der Waals surface area contributed by atoms with E-state index >= 15 is 0 Å². The van der Waals surface area contributed by atoms with Gasteiger partial charge in [0.2, 0.25) is 11.8 Å². The lowest BCUT2D eigenvalue weighted by Gasteiger charge is -2.06. The van der Waals surface area contributed by atoms with Gasteiger partial charge >= 0.3 is 0 Å². The summed E-state index contributed by atoms with van der Waals surface area (Å²) in [6, 6.07) is 15.7. The molecule has 0 bridgehead atoms.